The van der Waals surface area contributed by atoms with E-state index in [2.05, 4.69) is 56.0 Å². The number of nitrogens with one attached hydrogen (secondary N) is 1. The summed E-state index contributed by atoms with van der Waals surface area (Å²) in [4.78, 5) is 17.4. The molecule has 0 atom stereocenters. The van der Waals surface area contributed by atoms with Gasteiger partial charge in [-0.3, -0.25) is 4.90 Å². The normalized spacial score (nSPS) is 17.5. The van der Waals surface area contributed by atoms with Gasteiger partial charge in [-0.15, -0.1) is 0 Å². The van der Waals surface area contributed by atoms with Crippen molar-refractivity contribution in [2.24, 2.45) is 10.2 Å². The van der Waals surface area contributed by atoms with Crippen LogP contribution in [0.15, 0.2) is 34.5 Å². The topological polar surface area (TPSA) is 91.2 Å². The number of rotatable bonds is 8. The molecule has 5 rings (SSSR count). The summed E-state index contributed by atoms with van der Waals surface area (Å²) >= 11 is 0. The van der Waals surface area contributed by atoms with E-state index in [0.717, 1.165) is 55.4 Å². The average Bonchev–Trinajstić information content (AvgIpc) is 3.18. The maximum absolute atomic E-state index is 6.01. The molecule has 1 N–H and O–H groups in total. The molecule has 0 bridgehead atoms. The van der Waals surface area contributed by atoms with Crippen molar-refractivity contribution in [1.82, 2.24) is 19.9 Å². The third-order valence-corrected chi connectivity index (χ3v) is 6.88. The van der Waals surface area contributed by atoms with Crippen LogP contribution in [-0.2, 0) is 11.3 Å². The molecule has 0 spiro atoms. The number of hydrogen-bond acceptors (Lipinski definition) is 8. The van der Waals surface area contributed by atoms with Gasteiger partial charge in [-0.1, -0.05) is 6.42 Å². The number of benzene rings is 1. The summed E-state index contributed by atoms with van der Waals surface area (Å²) in [6.07, 6.45) is 3.88. The largest absolute Gasteiger partial charge is 0.462 e. The maximum Gasteiger partial charge on any atom is 0.318 e. The number of H-pyrrole nitrogens is 1. The molecule has 0 aliphatic carbocycles. The van der Waals surface area contributed by atoms with E-state index in [9.17, 15) is 0 Å². The van der Waals surface area contributed by atoms with Crippen molar-refractivity contribution in [3.63, 3.8) is 0 Å². The molecule has 186 valence electrons. The van der Waals surface area contributed by atoms with Gasteiger partial charge < -0.3 is 19.4 Å². The highest BCUT2D eigenvalue weighted by Gasteiger charge is 2.16. The zero-order valence-electron chi connectivity index (χ0n) is 20.8. The zero-order valence-corrected chi connectivity index (χ0v) is 20.8. The Hall–Kier alpha value is -3.04. The van der Waals surface area contributed by atoms with Gasteiger partial charge in [0.05, 0.1) is 24.6 Å². The van der Waals surface area contributed by atoms with Crippen LogP contribution in [0, 0.1) is 13.8 Å². The Bertz CT molecular complexity index is 1160. The van der Waals surface area contributed by atoms with Crippen LogP contribution >= 0.6 is 0 Å². The van der Waals surface area contributed by atoms with Gasteiger partial charge >= 0.3 is 6.01 Å². The number of hydrogen-bond donors (Lipinski definition) is 1. The third-order valence-electron chi connectivity index (χ3n) is 6.88. The number of morpholine rings is 1. The number of ether oxygens (including phenoxy) is 2. The number of nitrogens with zero attached hydrogens (tertiary/aromatic N) is 6. The third kappa shape index (κ3) is 5.97. The van der Waals surface area contributed by atoms with Crippen LogP contribution in [-0.4, -0.2) is 72.4 Å². The molecular formula is C26H35N7O2. The maximum atomic E-state index is 6.01. The van der Waals surface area contributed by atoms with Gasteiger partial charge in [0.2, 0.25) is 0 Å². The van der Waals surface area contributed by atoms with Crippen LogP contribution < -0.4 is 9.64 Å². The number of aryl methyl sites for hydroxylation is 2. The fraction of sp³-hybridized carbons (Fsp3) is 0.538. The molecule has 2 aromatic heterocycles. The van der Waals surface area contributed by atoms with Gasteiger partial charge in [-0.25, -0.2) is 0 Å². The molecule has 2 fully saturated rings. The minimum absolute atomic E-state index is 0.367. The van der Waals surface area contributed by atoms with Crippen molar-refractivity contribution >= 4 is 22.4 Å². The molecule has 2 aliphatic heterocycles. The highest BCUT2D eigenvalue weighted by Crippen LogP contribution is 2.26. The first kappa shape index (κ1) is 23.7. The van der Waals surface area contributed by atoms with Crippen molar-refractivity contribution in [3.05, 3.63) is 41.2 Å². The fourth-order valence-corrected chi connectivity index (χ4v) is 4.71. The van der Waals surface area contributed by atoms with E-state index in [4.69, 9.17) is 14.5 Å². The second-order valence-electron chi connectivity index (χ2n) is 9.35. The molecule has 35 heavy (non-hydrogen) atoms. The Morgan fingerprint density at radius 1 is 1.03 bits per heavy atom. The second kappa shape index (κ2) is 11.1. The minimum Gasteiger partial charge on any atom is -0.462 e. The van der Waals surface area contributed by atoms with Gasteiger partial charge in [-0.2, -0.15) is 20.2 Å². The van der Waals surface area contributed by atoms with Gasteiger partial charge in [0.15, 0.2) is 0 Å². The monoisotopic (exact) mass is 477 g/mol. The van der Waals surface area contributed by atoms with Crippen LogP contribution in [0.5, 0.6) is 6.01 Å². The van der Waals surface area contributed by atoms with E-state index < -0.39 is 0 Å². The van der Waals surface area contributed by atoms with Crippen LogP contribution in [0.25, 0.3) is 10.9 Å². The zero-order chi connectivity index (χ0) is 24.0. The SMILES string of the molecule is Cc1[nH]c2ccc(N=NCc3cc(N4CCOCC4)nc(OCCN4CCCCC4)n3)cc2c1C. The van der Waals surface area contributed by atoms with Crippen LogP contribution in [0.4, 0.5) is 11.5 Å². The van der Waals surface area contributed by atoms with E-state index in [1.165, 1.54) is 35.9 Å². The Kier molecular flexibility index (Phi) is 7.54. The summed E-state index contributed by atoms with van der Waals surface area (Å²) in [6.45, 7) is 11.4. The van der Waals surface area contributed by atoms with E-state index >= 15 is 0 Å². The summed E-state index contributed by atoms with van der Waals surface area (Å²) in [5, 5.41) is 10.1. The lowest BCUT2D eigenvalue weighted by Gasteiger charge is -2.28. The van der Waals surface area contributed by atoms with Gasteiger partial charge in [0.25, 0.3) is 0 Å². The number of fused-ring (bicyclic) bond motifs is 1. The Labute approximate surface area is 206 Å². The highest BCUT2D eigenvalue weighted by molar-refractivity contribution is 5.86. The van der Waals surface area contributed by atoms with Crippen molar-refractivity contribution in [2.45, 2.75) is 39.7 Å². The molecule has 9 heteroatoms. The van der Waals surface area contributed by atoms with Crippen molar-refractivity contribution < 1.29 is 9.47 Å². The van der Waals surface area contributed by atoms with Crippen molar-refractivity contribution in [3.8, 4) is 6.01 Å². The van der Waals surface area contributed by atoms with Crippen LogP contribution in [0.3, 0.4) is 0 Å². The Morgan fingerprint density at radius 2 is 1.86 bits per heavy atom. The van der Waals surface area contributed by atoms with Gasteiger partial charge in [-0.05, 0) is 63.5 Å². The minimum atomic E-state index is 0.367. The smallest absolute Gasteiger partial charge is 0.318 e. The van der Waals surface area contributed by atoms with Gasteiger partial charge in [0, 0.05) is 42.3 Å². The predicted octanol–water partition coefficient (Wildman–Crippen LogP) is 4.56. The van der Waals surface area contributed by atoms with Crippen LogP contribution in [0.2, 0.25) is 0 Å². The molecule has 2 aliphatic rings. The molecule has 0 saturated carbocycles. The van der Waals surface area contributed by atoms with Crippen molar-refractivity contribution in [1.29, 1.82) is 0 Å². The average molecular weight is 478 g/mol. The standard InChI is InChI=1S/C26H35N7O2/c1-19-20(2)28-24-7-6-21(16-23(19)24)31-27-18-22-17-25(33-11-13-34-14-12-33)30-26(29-22)35-15-10-32-8-4-3-5-9-32/h6-7,16-17,28H,3-5,8-15,18H2,1-2H3. The molecule has 4 heterocycles. The molecule has 9 nitrogen and oxygen atoms in total. The van der Waals surface area contributed by atoms with E-state index in [1.54, 1.807) is 0 Å². The number of aromatic amines is 1. The summed E-state index contributed by atoms with van der Waals surface area (Å²) in [7, 11) is 0. The van der Waals surface area contributed by atoms with Crippen LogP contribution in [0.1, 0.15) is 36.2 Å². The molecule has 3 aromatic rings. The van der Waals surface area contributed by atoms with E-state index in [0.29, 0.717) is 32.4 Å². The van der Waals surface area contributed by atoms with Crippen molar-refractivity contribution in [2.75, 3.05) is 57.4 Å². The Morgan fingerprint density at radius 3 is 2.69 bits per heavy atom. The lowest BCUT2D eigenvalue weighted by atomic mass is 10.1. The summed E-state index contributed by atoms with van der Waals surface area (Å²) in [6, 6.07) is 8.52. The molecular weight excluding hydrogens is 442 g/mol. The predicted molar refractivity (Wildman–Crippen MR) is 137 cm³/mol. The number of likely N-dealkylation sites (tertiary alicyclic amines) is 1. The first-order chi connectivity index (χ1) is 17.2. The molecule has 0 radical (unpaired) electrons. The quantitative estimate of drug-likeness (QED) is 0.478. The van der Waals surface area contributed by atoms with E-state index in [1.807, 2.05) is 12.1 Å². The number of azo groups is 1. The molecule has 0 unspecified atom stereocenters. The highest BCUT2D eigenvalue weighted by atomic mass is 16.5. The fourth-order valence-electron chi connectivity index (χ4n) is 4.71. The number of aromatic nitrogens is 3. The Balaban J connectivity index is 1.28. The number of piperidine rings is 1. The molecule has 2 saturated heterocycles. The molecule has 1 aromatic carbocycles. The second-order valence-corrected chi connectivity index (χ2v) is 9.35. The first-order valence-corrected chi connectivity index (χ1v) is 12.7. The van der Waals surface area contributed by atoms with E-state index in [-0.39, 0.29) is 0 Å². The summed E-state index contributed by atoms with van der Waals surface area (Å²) < 4.78 is 11.5. The first-order valence-electron chi connectivity index (χ1n) is 12.7. The lowest BCUT2D eigenvalue weighted by molar-refractivity contribution is 0.122. The number of anilines is 1. The summed E-state index contributed by atoms with van der Waals surface area (Å²) in [5.74, 6) is 0.862. The molecule has 0 amide bonds. The van der Waals surface area contributed by atoms with Gasteiger partial charge in [0.1, 0.15) is 19.0 Å². The lowest BCUT2D eigenvalue weighted by Crippen LogP contribution is -2.37. The summed E-state index contributed by atoms with van der Waals surface area (Å²) in [5.41, 5.74) is 5.18.